The van der Waals surface area contributed by atoms with E-state index in [1.165, 1.54) is 36.8 Å². The largest absolute Gasteiger partial charge is 0.299 e. The number of Topliss-reactive ketones (excluding diaryl/α,β-unsaturated/α-hetero) is 1. The Kier molecular flexibility index (Phi) is 3.23. The molecule has 0 amide bonds. The number of unbranched alkanes of at least 4 members (excludes halogenated alkanes) is 2. The minimum atomic E-state index is 0.366. The molecule has 1 saturated carbocycles. The van der Waals surface area contributed by atoms with Gasteiger partial charge in [-0.3, -0.25) is 4.79 Å². The third-order valence-corrected chi connectivity index (χ3v) is 4.73. The highest BCUT2D eigenvalue weighted by Gasteiger charge is 2.56. The first-order chi connectivity index (χ1) is 8.83. The summed E-state index contributed by atoms with van der Waals surface area (Å²) in [7, 11) is 0. The number of aryl methyl sites for hydroxylation is 1. The molecule has 2 aliphatic carbocycles. The zero-order chi connectivity index (χ0) is 12.5. The van der Waals surface area contributed by atoms with Crippen LogP contribution < -0.4 is 0 Å². The number of fused-ring (bicyclic) bond motifs is 3. The maximum Gasteiger partial charge on any atom is 0.136 e. The summed E-state index contributed by atoms with van der Waals surface area (Å²) >= 11 is 0. The van der Waals surface area contributed by atoms with Gasteiger partial charge in [0.15, 0.2) is 0 Å². The highest BCUT2D eigenvalue weighted by Crippen LogP contribution is 2.60. The van der Waals surface area contributed by atoms with Crippen molar-refractivity contribution in [3.8, 4) is 0 Å². The van der Waals surface area contributed by atoms with E-state index in [-0.39, 0.29) is 0 Å². The molecule has 2 aliphatic rings. The van der Waals surface area contributed by atoms with Gasteiger partial charge in [0, 0.05) is 12.3 Å². The van der Waals surface area contributed by atoms with Crippen LogP contribution in [0, 0.1) is 11.8 Å². The van der Waals surface area contributed by atoms with Crippen LogP contribution in [0.3, 0.4) is 0 Å². The van der Waals surface area contributed by atoms with E-state index in [4.69, 9.17) is 0 Å². The van der Waals surface area contributed by atoms with Crippen molar-refractivity contribution >= 4 is 5.78 Å². The molecule has 3 rings (SSSR count). The van der Waals surface area contributed by atoms with Crippen LogP contribution in [0.4, 0.5) is 0 Å². The third kappa shape index (κ3) is 2.00. The number of carbonyl (C=O) groups excluding carboxylic acids is 1. The number of hydrogen-bond acceptors (Lipinski definition) is 1. The van der Waals surface area contributed by atoms with Crippen molar-refractivity contribution in [3.05, 3.63) is 35.4 Å². The molecule has 0 aromatic heterocycles. The molecule has 0 bridgehead atoms. The Balaban J connectivity index is 1.67. The van der Waals surface area contributed by atoms with Crippen molar-refractivity contribution in [1.29, 1.82) is 0 Å². The van der Waals surface area contributed by atoms with Crippen molar-refractivity contribution in [3.63, 3.8) is 0 Å². The topological polar surface area (TPSA) is 17.1 Å². The van der Waals surface area contributed by atoms with E-state index in [0.29, 0.717) is 23.5 Å². The zero-order valence-electron chi connectivity index (χ0n) is 11.2. The molecule has 1 nitrogen and oxygen atoms in total. The number of rotatable bonds is 5. The molecule has 3 unspecified atom stereocenters. The lowest BCUT2D eigenvalue weighted by atomic mass is 9.92. The van der Waals surface area contributed by atoms with Gasteiger partial charge in [-0.2, -0.15) is 0 Å². The summed E-state index contributed by atoms with van der Waals surface area (Å²) in [5.41, 5.74) is 2.96. The van der Waals surface area contributed by atoms with Gasteiger partial charge in [0.1, 0.15) is 5.78 Å². The summed E-state index contributed by atoms with van der Waals surface area (Å²) in [6, 6.07) is 8.73. The van der Waals surface area contributed by atoms with Crippen LogP contribution in [0.15, 0.2) is 24.3 Å². The van der Waals surface area contributed by atoms with Gasteiger partial charge < -0.3 is 0 Å². The first-order valence-corrected chi connectivity index (χ1v) is 7.43. The predicted octanol–water partition coefficient (Wildman–Crippen LogP) is 4.11. The normalized spacial score (nSPS) is 28.4. The first kappa shape index (κ1) is 12.0. The lowest BCUT2D eigenvalue weighted by Gasteiger charge is -2.13. The van der Waals surface area contributed by atoms with Crippen molar-refractivity contribution in [2.24, 2.45) is 11.8 Å². The Bertz CT molecular complexity index is 449. The van der Waals surface area contributed by atoms with Gasteiger partial charge in [-0.15, -0.1) is 0 Å². The fraction of sp³-hybridized carbons (Fsp3) is 0.588. The molecule has 0 saturated heterocycles. The highest BCUT2D eigenvalue weighted by molar-refractivity contribution is 5.86. The van der Waals surface area contributed by atoms with E-state index in [1.807, 2.05) is 0 Å². The van der Waals surface area contributed by atoms with Crippen LogP contribution >= 0.6 is 0 Å². The van der Waals surface area contributed by atoms with Gasteiger partial charge in [-0.25, -0.2) is 0 Å². The van der Waals surface area contributed by atoms with E-state index in [9.17, 15) is 4.79 Å². The lowest BCUT2D eigenvalue weighted by molar-refractivity contribution is -0.120. The molecule has 0 heterocycles. The maximum absolute atomic E-state index is 12.3. The Morgan fingerprint density at radius 1 is 1.28 bits per heavy atom. The van der Waals surface area contributed by atoms with Crippen molar-refractivity contribution in [2.45, 2.75) is 51.4 Å². The van der Waals surface area contributed by atoms with Crippen LogP contribution in [0.1, 0.15) is 56.1 Å². The quantitative estimate of drug-likeness (QED) is 0.710. The van der Waals surface area contributed by atoms with Crippen LogP contribution in [-0.2, 0) is 11.2 Å². The fourth-order valence-corrected chi connectivity index (χ4v) is 3.72. The van der Waals surface area contributed by atoms with Gasteiger partial charge in [-0.05, 0) is 42.2 Å². The van der Waals surface area contributed by atoms with Gasteiger partial charge in [-0.1, -0.05) is 44.0 Å². The molecule has 1 heteroatoms. The SMILES string of the molecule is CCCCCC(=O)C1C2CCc3ccccc3C21. The van der Waals surface area contributed by atoms with Crippen molar-refractivity contribution in [1.82, 2.24) is 0 Å². The van der Waals surface area contributed by atoms with Gasteiger partial charge >= 0.3 is 0 Å². The fourth-order valence-electron chi connectivity index (χ4n) is 3.72. The Morgan fingerprint density at radius 2 is 2.11 bits per heavy atom. The van der Waals surface area contributed by atoms with E-state index in [2.05, 4.69) is 31.2 Å². The van der Waals surface area contributed by atoms with E-state index < -0.39 is 0 Å². The number of ketones is 1. The molecule has 3 atom stereocenters. The molecule has 96 valence electrons. The second-order valence-electron chi connectivity index (χ2n) is 5.88. The summed E-state index contributed by atoms with van der Waals surface area (Å²) in [5.74, 6) is 2.15. The summed E-state index contributed by atoms with van der Waals surface area (Å²) in [4.78, 5) is 12.3. The van der Waals surface area contributed by atoms with Crippen molar-refractivity contribution < 1.29 is 4.79 Å². The van der Waals surface area contributed by atoms with E-state index in [0.717, 1.165) is 12.8 Å². The third-order valence-electron chi connectivity index (χ3n) is 4.73. The summed E-state index contributed by atoms with van der Waals surface area (Å²) in [5, 5.41) is 0. The second-order valence-corrected chi connectivity index (χ2v) is 5.88. The summed E-state index contributed by atoms with van der Waals surface area (Å²) in [6.07, 6.45) is 6.71. The number of carbonyl (C=O) groups is 1. The highest BCUT2D eigenvalue weighted by atomic mass is 16.1. The van der Waals surface area contributed by atoms with Gasteiger partial charge in [0.2, 0.25) is 0 Å². The summed E-state index contributed by atoms with van der Waals surface area (Å²) in [6.45, 7) is 2.19. The number of benzene rings is 1. The van der Waals surface area contributed by atoms with E-state index in [1.54, 1.807) is 0 Å². The lowest BCUT2D eigenvalue weighted by Crippen LogP contribution is -2.02. The summed E-state index contributed by atoms with van der Waals surface area (Å²) < 4.78 is 0. The van der Waals surface area contributed by atoms with Crippen LogP contribution in [0.25, 0.3) is 0 Å². The number of hydrogen-bond donors (Lipinski definition) is 0. The predicted molar refractivity (Wildman–Crippen MR) is 73.6 cm³/mol. The van der Waals surface area contributed by atoms with Crippen molar-refractivity contribution in [2.75, 3.05) is 0 Å². The minimum Gasteiger partial charge on any atom is -0.299 e. The standard InChI is InChI=1S/C17H22O/c1-2-3-4-9-15(18)17-14-11-10-12-7-5-6-8-13(12)16(14)17/h5-8,14,16-17H,2-4,9-11H2,1H3. The average Bonchev–Trinajstić information content (AvgIpc) is 3.14. The zero-order valence-corrected chi connectivity index (χ0v) is 11.2. The first-order valence-electron chi connectivity index (χ1n) is 7.43. The molecule has 0 aliphatic heterocycles. The van der Waals surface area contributed by atoms with E-state index >= 15 is 0 Å². The average molecular weight is 242 g/mol. The molecule has 1 fully saturated rings. The Hall–Kier alpha value is -1.11. The molecular formula is C17H22O. The van der Waals surface area contributed by atoms with Gasteiger partial charge in [0.05, 0.1) is 0 Å². The molecule has 1 aromatic rings. The second kappa shape index (κ2) is 4.87. The molecule has 18 heavy (non-hydrogen) atoms. The molecule has 0 radical (unpaired) electrons. The molecule has 0 spiro atoms. The van der Waals surface area contributed by atoms with Gasteiger partial charge in [0.25, 0.3) is 0 Å². The minimum absolute atomic E-state index is 0.366. The molecule has 0 N–H and O–H groups in total. The monoisotopic (exact) mass is 242 g/mol. The van der Waals surface area contributed by atoms with Crippen LogP contribution in [0.2, 0.25) is 0 Å². The molecular weight excluding hydrogens is 220 g/mol. The Labute approximate surface area is 110 Å². The molecule has 1 aromatic carbocycles. The smallest absolute Gasteiger partial charge is 0.136 e. The maximum atomic E-state index is 12.3. The van der Waals surface area contributed by atoms with Crippen LogP contribution in [0.5, 0.6) is 0 Å². The Morgan fingerprint density at radius 3 is 2.94 bits per heavy atom. The van der Waals surface area contributed by atoms with Crippen LogP contribution in [-0.4, -0.2) is 5.78 Å².